The molecule has 0 spiro atoms. The smallest absolute Gasteiger partial charge is 0.270 e. The standard InChI is InChI=1S/C23H33N5O3S/c1-5-7-14-28(15-8-6-2)32(30,31)26-23(29)21-17-27(13-9-12-24)25-22(21)20-11-10-18(3)19(4)16-20/h10-11,16-17H,5-9,13-15H2,1-4H3,(H,26,29). The number of hydrogen-bond donors (Lipinski definition) is 1. The Morgan fingerprint density at radius 1 is 1.16 bits per heavy atom. The van der Waals surface area contributed by atoms with Crippen molar-refractivity contribution in [2.75, 3.05) is 13.1 Å². The number of aromatic nitrogens is 2. The second kappa shape index (κ2) is 11.8. The molecule has 0 aliphatic heterocycles. The monoisotopic (exact) mass is 459 g/mol. The number of unbranched alkanes of at least 4 members (excludes halogenated alkanes) is 2. The lowest BCUT2D eigenvalue weighted by atomic mass is 10.0. The summed E-state index contributed by atoms with van der Waals surface area (Å²) >= 11 is 0. The van der Waals surface area contributed by atoms with E-state index in [9.17, 15) is 13.2 Å². The van der Waals surface area contributed by atoms with E-state index in [0.717, 1.165) is 42.4 Å². The van der Waals surface area contributed by atoms with Crippen molar-refractivity contribution in [3.8, 4) is 17.3 Å². The van der Waals surface area contributed by atoms with Crippen LogP contribution < -0.4 is 4.72 Å². The van der Waals surface area contributed by atoms with E-state index in [1.807, 2.05) is 45.9 Å². The molecule has 32 heavy (non-hydrogen) atoms. The Morgan fingerprint density at radius 2 is 1.81 bits per heavy atom. The van der Waals surface area contributed by atoms with Gasteiger partial charge < -0.3 is 0 Å². The van der Waals surface area contributed by atoms with Crippen LogP contribution in [-0.4, -0.2) is 41.5 Å². The number of nitrogens with zero attached hydrogens (tertiary/aromatic N) is 4. The average Bonchev–Trinajstić information content (AvgIpc) is 3.18. The summed E-state index contributed by atoms with van der Waals surface area (Å²) in [6, 6.07) is 7.78. The van der Waals surface area contributed by atoms with Crippen LogP contribution in [-0.2, 0) is 16.8 Å². The van der Waals surface area contributed by atoms with Crippen molar-refractivity contribution in [1.29, 1.82) is 5.26 Å². The van der Waals surface area contributed by atoms with Crippen LogP contribution in [0.5, 0.6) is 0 Å². The first-order chi connectivity index (χ1) is 15.2. The van der Waals surface area contributed by atoms with Crippen molar-refractivity contribution in [2.45, 2.75) is 66.3 Å². The number of nitrogens with one attached hydrogen (secondary N) is 1. The van der Waals surface area contributed by atoms with Gasteiger partial charge in [0, 0.05) is 24.8 Å². The third-order valence-electron chi connectivity index (χ3n) is 5.32. The normalized spacial score (nSPS) is 11.5. The van der Waals surface area contributed by atoms with Gasteiger partial charge in [-0.05, 0) is 43.9 Å². The van der Waals surface area contributed by atoms with Gasteiger partial charge in [-0.2, -0.15) is 23.1 Å². The highest BCUT2D eigenvalue weighted by atomic mass is 32.2. The minimum Gasteiger partial charge on any atom is -0.270 e. The van der Waals surface area contributed by atoms with Crippen LogP contribution in [0.4, 0.5) is 0 Å². The molecule has 0 fully saturated rings. The number of carbonyl (C=O) groups is 1. The Labute approximate surface area is 191 Å². The first-order valence-electron chi connectivity index (χ1n) is 11.1. The third-order valence-corrected chi connectivity index (χ3v) is 6.81. The van der Waals surface area contributed by atoms with Gasteiger partial charge in [-0.1, -0.05) is 38.8 Å². The predicted octanol–water partition coefficient (Wildman–Crippen LogP) is 3.96. The molecule has 1 aromatic carbocycles. The fourth-order valence-electron chi connectivity index (χ4n) is 3.23. The minimum atomic E-state index is -3.99. The molecule has 1 N–H and O–H groups in total. The number of hydrogen-bond acceptors (Lipinski definition) is 5. The van der Waals surface area contributed by atoms with Gasteiger partial charge >= 0.3 is 10.2 Å². The molecule has 0 radical (unpaired) electrons. The van der Waals surface area contributed by atoms with Crippen LogP contribution in [0.25, 0.3) is 11.3 Å². The van der Waals surface area contributed by atoms with Crippen molar-refractivity contribution < 1.29 is 13.2 Å². The van der Waals surface area contributed by atoms with Crippen LogP contribution in [0.3, 0.4) is 0 Å². The molecule has 0 bridgehead atoms. The maximum absolute atomic E-state index is 13.1. The van der Waals surface area contributed by atoms with Gasteiger partial charge in [-0.25, -0.2) is 4.72 Å². The molecule has 2 aromatic rings. The van der Waals surface area contributed by atoms with E-state index in [4.69, 9.17) is 5.26 Å². The predicted molar refractivity (Wildman–Crippen MR) is 125 cm³/mol. The number of aryl methyl sites for hydroxylation is 3. The van der Waals surface area contributed by atoms with Crippen LogP contribution in [0, 0.1) is 25.2 Å². The molecule has 1 aromatic heterocycles. The molecule has 1 amide bonds. The van der Waals surface area contributed by atoms with Gasteiger partial charge in [-0.3, -0.25) is 9.48 Å². The van der Waals surface area contributed by atoms with Crippen molar-refractivity contribution in [3.05, 3.63) is 41.1 Å². The molecule has 9 heteroatoms. The SMILES string of the molecule is CCCCN(CCCC)S(=O)(=O)NC(=O)c1cn(CCC#N)nc1-c1ccc(C)c(C)c1. The van der Waals surface area contributed by atoms with Gasteiger partial charge in [0.1, 0.15) is 5.69 Å². The molecule has 0 aliphatic carbocycles. The summed E-state index contributed by atoms with van der Waals surface area (Å²) in [5.74, 6) is -0.723. The molecule has 174 valence electrons. The molecule has 8 nitrogen and oxygen atoms in total. The van der Waals surface area contributed by atoms with Crippen molar-refractivity contribution in [1.82, 2.24) is 18.8 Å². The molecule has 0 unspecified atom stereocenters. The highest BCUT2D eigenvalue weighted by Gasteiger charge is 2.27. The topological polar surface area (TPSA) is 108 Å². The number of rotatable bonds is 12. The quantitative estimate of drug-likeness (QED) is 0.517. The number of benzene rings is 1. The molecule has 0 aliphatic rings. The zero-order chi connectivity index (χ0) is 23.7. The molecule has 0 saturated carbocycles. The van der Waals surface area contributed by atoms with Crippen LogP contribution in [0.1, 0.15) is 67.4 Å². The van der Waals surface area contributed by atoms with E-state index < -0.39 is 16.1 Å². The third kappa shape index (κ3) is 6.65. The Kier molecular flexibility index (Phi) is 9.42. The van der Waals surface area contributed by atoms with E-state index >= 15 is 0 Å². The van der Waals surface area contributed by atoms with Crippen LogP contribution in [0.15, 0.2) is 24.4 Å². The fraction of sp³-hybridized carbons (Fsp3) is 0.522. The summed E-state index contributed by atoms with van der Waals surface area (Å²) in [5, 5.41) is 13.4. The van der Waals surface area contributed by atoms with E-state index in [0.29, 0.717) is 25.3 Å². The van der Waals surface area contributed by atoms with Gasteiger partial charge in [0.2, 0.25) is 0 Å². The summed E-state index contributed by atoms with van der Waals surface area (Å²) in [6.07, 6.45) is 4.89. The minimum absolute atomic E-state index is 0.167. The Morgan fingerprint density at radius 3 is 2.38 bits per heavy atom. The summed E-state index contributed by atoms with van der Waals surface area (Å²) in [6.45, 7) is 8.99. The lowest BCUT2D eigenvalue weighted by molar-refractivity contribution is 0.0979. The second-order valence-corrected chi connectivity index (χ2v) is 9.57. The first-order valence-corrected chi connectivity index (χ1v) is 12.5. The molecule has 0 saturated heterocycles. The maximum atomic E-state index is 13.1. The van der Waals surface area contributed by atoms with Crippen LogP contribution in [0.2, 0.25) is 0 Å². The van der Waals surface area contributed by atoms with E-state index in [-0.39, 0.29) is 12.0 Å². The molecule has 0 atom stereocenters. The summed E-state index contributed by atoms with van der Waals surface area (Å²) in [5.41, 5.74) is 3.43. The fourth-order valence-corrected chi connectivity index (χ4v) is 4.44. The Bertz CT molecular complexity index is 1060. The molecular formula is C23H33N5O3S. The van der Waals surface area contributed by atoms with Gasteiger partial charge in [0.05, 0.1) is 24.6 Å². The van der Waals surface area contributed by atoms with E-state index in [1.165, 1.54) is 15.2 Å². The summed E-state index contributed by atoms with van der Waals surface area (Å²) in [7, 11) is -3.99. The summed E-state index contributed by atoms with van der Waals surface area (Å²) < 4.78 is 31.0. The molecular weight excluding hydrogens is 426 g/mol. The highest BCUT2D eigenvalue weighted by molar-refractivity contribution is 7.87. The average molecular weight is 460 g/mol. The summed E-state index contributed by atoms with van der Waals surface area (Å²) in [4.78, 5) is 13.1. The van der Waals surface area contributed by atoms with Gasteiger partial charge in [0.25, 0.3) is 5.91 Å². The molecule has 1 heterocycles. The highest BCUT2D eigenvalue weighted by Crippen LogP contribution is 2.25. The second-order valence-electron chi connectivity index (χ2n) is 7.90. The van der Waals surface area contributed by atoms with E-state index in [2.05, 4.69) is 15.9 Å². The van der Waals surface area contributed by atoms with Crippen molar-refractivity contribution in [2.24, 2.45) is 0 Å². The van der Waals surface area contributed by atoms with E-state index in [1.54, 1.807) is 0 Å². The zero-order valence-electron chi connectivity index (χ0n) is 19.4. The van der Waals surface area contributed by atoms with Gasteiger partial charge in [-0.15, -0.1) is 0 Å². The largest absolute Gasteiger partial charge is 0.304 e. The first kappa shape index (κ1) is 25.6. The number of carbonyl (C=O) groups excluding carboxylic acids is 1. The zero-order valence-corrected chi connectivity index (χ0v) is 20.2. The lowest BCUT2D eigenvalue weighted by Gasteiger charge is -2.21. The van der Waals surface area contributed by atoms with Gasteiger partial charge in [0.15, 0.2) is 0 Å². The van der Waals surface area contributed by atoms with Crippen molar-refractivity contribution in [3.63, 3.8) is 0 Å². The maximum Gasteiger partial charge on any atom is 0.304 e. The number of amides is 1. The van der Waals surface area contributed by atoms with Crippen LogP contribution >= 0.6 is 0 Å². The Hall–Kier alpha value is -2.70. The Balaban J connectivity index is 2.39. The number of nitriles is 1. The van der Waals surface area contributed by atoms with Crippen molar-refractivity contribution >= 4 is 16.1 Å². The lowest BCUT2D eigenvalue weighted by Crippen LogP contribution is -2.44. The molecule has 2 rings (SSSR count).